The van der Waals surface area contributed by atoms with Crippen molar-refractivity contribution < 1.29 is 0 Å². The number of nitrogens with zero attached hydrogens (tertiary/aromatic N) is 4. The van der Waals surface area contributed by atoms with Gasteiger partial charge in [-0.05, 0) is 23.6 Å². The van der Waals surface area contributed by atoms with Crippen molar-refractivity contribution in [3.63, 3.8) is 0 Å². The second-order valence-corrected chi connectivity index (χ2v) is 6.20. The number of aromatic nitrogens is 4. The van der Waals surface area contributed by atoms with Gasteiger partial charge in [0.2, 0.25) is 0 Å². The van der Waals surface area contributed by atoms with Crippen molar-refractivity contribution >= 4 is 29.1 Å². The molecule has 0 atom stereocenters. The number of hydrogen-bond acceptors (Lipinski definition) is 4. The first-order valence-electron chi connectivity index (χ1n) is 6.27. The molecule has 4 nitrogen and oxygen atoms in total. The van der Waals surface area contributed by atoms with Crippen LogP contribution in [-0.4, -0.2) is 19.6 Å². The van der Waals surface area contributed by atoms with Gasteiger partial charge in [-0.1, -0.05) is 49.3 Å². The Morgan fingerprint density at radius 2 is 1.95 bits per heavy atom. The fraction of sp³-hybridized carbons (Fsp3) is 0.214. The Labute approximate surface area is 126 Å². The smallest absolute Gasteiger partial charge is 0.199 e. The fourth-order valence-corrected chi connectivity index (χ4v) is 3.02. The van der Waals surface area contributed by atoms with Crippen LogP contribution >= 0.6 is 23.4 Å². The van der Waals surface area contributed by atoms with Crippen LogP contribution in [0.3, 0.4) is 0 Å². The maximum atomic E-state index is 6.01. The van der Waals surface area contributed by atoms with E-state index in [0.717, 1.165) is 9.92 Å². The molecule has 0 aliphatic rings. The number of rotatable bonds is 3. The molecule has 0 unspecified atom stereocenters. The average molecular weight is 305 g/mol. The SMILES string of the molecule is CC(C)c1ccc(Sc2cc(Cl)nc3ncnn23)cc1. The molecule has 0 aliphatic heterocycles. The standard InChI is InChI=1S/C14H13ClN4S/c1-9(2)10-3-5-11(6-4-10)20-13-7-12(15)18-14-16-8-17-19(13)14/h3-9H,1-2H3. The molecule has 102 valence electrons. The van der Waals surface area contributed by atoms with Crippen molar-refractivity contribution in [3.8, 4) is 0 Å². The molecule has 3 rings (SSSR count). The fourth-order valence-electron chi connectivity index (χ4n) is 1.87. The van der Waals surface area contributed by atoms with Crippen molar-refractivity contribution in [1.29, 1.82) is 0 Å². The molecule has 0 fully saturated rings. The minimum absolute atomic E-state index is 0.423. The molecular weight excluding hydrogens is 292 g/mol. The van der Waals surface area contributed by atoms with E-state index in [-0.39, 0.29) is 0 Å². The molecule has 0 bridgehead atoms. The Morgan fingerprint density at radius 3 is 2.65 bits per heavy atom. The minimum Gasteiger partial charge on any atom is -0.199 e. The molecule has 0 aliphatic carbocycles. The first-order chi connectivity index (χ1) is 9.63. The lowest BCUT2D eigenvalue weighted by molar-refractivity contribution is 0.842. The van der Waals surface area contributed by atoms with Crippen LogP contribution in [0.4, 0.5) is 0 Å². The average Bonchev–Trinajstić information content (AvgIpc) is 2.87. The summed E-state index contributed by atoms with van der Waals surface area (Å²) in [5.41, 5.74) is 1.33. The van der Waals surface area contributed by atoms with Crippen molar-refractivity contribution in [3.05, 3.63) is 47.4 Å². The Bertz CT molecular complexity index is 737. The van der Waals surface area contributed by atoms with Gasteiger partial charge in [0.25, 0.3) is 5.78 Å². The molecular formula is C14H13ClN4S. The van der Waals surface area contributed by atoms with E-state index >= 15 is 0 Å². The van der Waals surface area contributed by atoms with Gasteiger partial charge in [-0.25, -0.2) is 0 Å². The van der Waals surface area contributed by atoms with Gasteiger partial charge in [0.05, 0.1) is 0 Å². The first-order valence-corrected chi connectivity index (χ1v) is 7.47. The van der Waals surface area contributed by atoms with E-state index in [0.29, 0.717) is 16.8 Å². The topological polar surface area (TPSA) is 43.1 Å². The van der Waals surface area contributed by atoms with Crippen LogP contribution in [0.1, 0.15) is 25.3 Å². The summed E-state index contributed by atoms with van der Waals surface area (Å²) in [6, 6.07) is 10.3. The zero-order chi connectivity index (χ0) is 14.1. The van der Waals surface area contributed by atoms with Gasteiger partial charge < -0.3 is 0 Å². The van der Waals surface area contributed by atoms with Gasteiger partial charge in [0, 0.05) is 11.0 Å². The quantitative estimate of drug-likeness (QED) is 0.685. The molecule has 0 radical (unpaired) electrons. The third-order valence-corrected chi connectivity index (χ3v) is 4.16. The zero-order valence-corrected chi connectivity index (χ0v) is 12.7. The third-order valence-electron chi connectivity index (χ3n) is 2.96. The summed E-state index contributed by atoms with van der Waals surface area (Å²) in [6.45, 7) is 4.37. The van der Waals surface area contributed by atoms with E-state index in [4.69, 9.17) is 11.6 Å². The summed E-state index contributed by atoms with van der Waals surface area (Å²) in [5.74, 6) is 1.05. The van der Waals surface area contributed by atoms with Crippen LogP contribution in [0.5, 0.6) is 0 Å². The predicted molar refractivity (Wildman–Crippen MR) is 80.4 cm³/mol. The maximum Gasteiger partial charge on any atom is 0.254 e. The van der Waals surface area contributed by atoms with Crippen LogP contribution < -0.4 is 0 Å². The summed E-state index contributed by atoms with van der Waals surface area (Å²) >= 11 is 7.60. The second kappa shape index (κ2) is 5.42. The summed E-state index contributed by atoms with van der Waals surface area (Å²) in [4.78, 5) is 9.31. The summed E-state index contributed by atoms with van der Waals surface area (Å²) in [5, 5.41) is 5.49. The molecule has 2 heterocycles. The van der Waals surface area contributed by atoms with E-state index in [2.05, 4.69) is 53.2 Å². The number of fused-ring (bicyclic) bond motifs is 1. The normalized spacial score (nSPS) is 11.4. The van der Waals surface area contributed by atoms with Gasteiger partial charge in [0.15, 0.2) is 0 Å². The van der Waals surface area contributed by atoms with Gasteiger partial charge in [0.1, 0.15) is 16.5 Å². The van der Waals surface area contributed by atoms with E-state index in [1.807, 2.05) is 0 Å². The molecule has 2 aromatic heterocycles. The molecule has 0 N–H and O–H groups in total. The van der Waals surface area contributed by atoms with Crippen LogP contribution in [0.2, 0.25) is 5.15 Å². The monoisotopic (exact) mass is 304 g/mol. The van der Waals surface area contributed by atoms with Gasteiger partial charge >= 0.3 is 0 Å². The molecule has 0 spiro atoms. The first kappa shape index (κ1) is 13.4. The summed E-state index contributed by atoms with van der Waals surface area (Å²) in [6.07, 6.45) is 1.48. The highest BCUT2D eigenvalue weighted by Crippen LogP contribution is 2.29. The third kappa shape index (κ3) is 2.64. The van der Waals surface area contributed by atoms with Crippen molar-refractivity contribution in [1.82, 2.24) is 19.6 Å². The largest absolute Gasteiger partial charge is 0.254 e. The predicted octanol–water partition coefficient (Wildman–Crippen LogP) is 4.05. The Balaban J connectivity index is 1.94. The van der Waals surface area contributed by atoms with E-state index in [9.17, 15) is 0 Å². The van der Waals surface area contributed by atoms with E-state index in [1.54, 1.807) is 22.3 Å². The van der Waals surface area contributed by atoms with Crippen LogP contribution in [-0.2, 0) is 0 Å². The molecule has 0 amide bonds. The minimum atomic E-state index is 0.423. The van der Waals surface area contributed by atoms with Crippen LogP contribution in [0.15, 0.2) is 46.6 Å². The molecule has 6 heteroatoms. The van der Waals surface area contributed by atoms with Gasteiger partial charge in [-0.3, -0.25) is 0 Å². The lowest BCUT2D eigenvalue weighted by atomic mass is 10.0. The summed E-state index contributed by atoms with van der Waals surface area (Å²) in [7, 11) is 0. The lowest BCUT2D eigenvalue weighted by Crippen LogP contribution is -1.95. The van der Waals surface area contributed by atoms with E-state index < -0.39 is 0 Å². The molecule has 1 aromatic carbocycles. The number of halogens is 1. The maximum absolute atomic E-state index is 6.01. The zero-order valence-electron chi connectivity index (χ0n) is 11.1. The Morgan fingerprint density at radius 1 is 1.20 bits per heavy atom. The van der Waals surface area contributed by atoms with Crippen molar-refractivity contribution in [2.24, 2.45) is 0 Å². The van der Waals surface area contributed by atoms with Gasteiger partial charge in [-0.15, -0.1) is 0 Å². The van der Waals surface area contributed by atoms with Crippen molar-refractivity contribution in [2.45, 2.75) is 29.7 Å². The second-order valence-electron chi connectivity index (χ2n) is 4.71. The van der Waals surface area contributed by atoms with Crippen LogP contribution in [0.25, 0.3) is 5.78 Å². The Kier molecular flexibility index (Phi) is 3.63. The summed E-state index contributed by atoms with van der Waals surface area (Å²) < 4.78 is 1.69. The Hall–Kier alpha value is -1.59. The highest BCUT2D eigenvalue weighted by molar-refractivity contribution is 7.99. The van der Waals surface area contributed by atoms with Crippen molar-refractivity contribution in [2.75, 3.05) is 0 Å². The highest BCUT2D eigenvalue weighted by Gasteiger charge is 2.08. The number of hydrogen-bond donors (Lipinski definition) is 0. The van der Waals surface area contributed by atoms with Crippen LogP contribution in [0, 0.1) is 0 Å². The van der Waals surface area contributed by atoms with Gasteiger partial charge in [-0.2, -0.15) is 19.6 Å². The molecule has 20 heavy (non-hydrogen) atoms. The molecule has 3 aromatic rings. The molecule has 0 saturated carbocycles. The highest BCUT2D eigenvalue weighted by atomic mass is 35.5. The van der Waals surface area contributed by atoms with E-state index in [1.165, 1.54) is 11.9 Å². The molecule has 0 saturated heterocycles. The lowest BCUT2D eigenvalue weighted by Gasteiger charge is -2.07. The number of benzene rings is 1.